The van der Waals surface area contributed by atoms with Crippen molar-refractivity contribution in [1.29, 1.82) is 0 Å². The molecule has 9 heteroatoms. The molecule has 1 rings (SSSR count). The standard InChI is InChI=1S/C35H60O7S.Na/c1-2-3-4-5-6-7-8-9-10-11-12-13-14-15-16-17-18-19-20-21-24-29-41-34(36)32-27-22-23-28-33(32)35(37)42-30-25-26-31-43(38,39)40;/h22-23,27-28H,2-21,24-26,29-31H2,1H3,(H,38,39,40);/q;+1/p-1. The molecule has 0 aromatic heterocycles. The summed E-state index contributed by atoms with van der Waals surface area (Å²) in [6.07, 6.45) is 28.1. The molecule has 0 radical (unpaired) electrons. The van der Waals surface area contributed by atoms with Crippen molar-refractivity contribution in [1.82, 2.24) is 0 Å². The number of carbonyl (C=O) groups excluding carboxylic acids is 2. The van der Waals surface area contributed by atoms with Crippen molar-refractivity contribution in [3.8, 4) is 0 Å². The summed E-state index contributed by atoms with van der Waals surface area (Å²) in [7, 11) is -4.28. The number of esters is 2. The van der Waals surface area contributed by atoms with E-state index in [1.807, 2.05) is 0 Å². The molecule has 0 N–H and O–H groups in total. The van der Waals surface area contributed by atoms with Crippen molar-refractivity contribution in [2.24, 2.45) is 0 Å². The van der Waals surface area contributed by atoms with Crippen molar-refractivity contribution in [3.63, 3.8) is 0 Å². The second-order valence-electron chi connectivity index (χ2n) is 11.9. The van der Waals surface area contributed by atoms with Gasteiger partial charge in [0.2, 0.25) is 0 Å². The van der Waals surface area contributed by atoms with E-state index in [4.69, 9.17) is 9.47 Å². The van der Waals surface area contributed by atoms with Gasteiger partial charge in [0.25, 0.3) is 0 Å². The molecule has 0 spiro atoms. The molecule has 44 heavy (non-hydrogen) atoms. The van der Waals surface area contributed by atoms with Crippen LogP contribution < -0.4 is 29.6 Å². The summed E-state index contributed by atoms with van der Waals surface area (Å²) in [5.41, 5.74) is 0.265. The first kappa shape index (κ1) is 43.1. The Morgan fingerprint density at radius 3 is 1.16 bits per heavy atom. The molecular formula is C35H59NaO7S. The van der Waals surface area contributed by atoms with Gasteiger partial charge in [0.15, 0.2) is 0 Å². The molecule has 0 bridgehead atoms. The molecule has 0 heterocycles. The van der Waals surface area contributed by atoms with E-state index in [1.54, 1.807) is 12.1 Å². The third-order valence-corrected chi connectivity index (χ3v) is 8.66. The average molecular weight is 647 g/mol. The van der Waals surface area contributed by atoms with Gasteiger partial charge in [-0.05, 0) is 31.4 Å². The minimum Gasteiger partial charge on any atom is -0.748 e. The number of benzene rings is 1. The summed E-state index contributed by atoms with van der Waals surface area (Å²) in [5.74, 6) is -1.72. The minimum atomic E-state index is -4.28. The quantitative estimate of drug-likeness (QED) is 0.0421. The maximum atomic E-state index is 12.5. The Kier molecular flexibility index (Phi) is 28.8. The van der Waals surface area contributed by atoms with Gasteiger partial charge in [-0.2, -0.15) is 0 Å². The molecule has 0 saturated carbocycles. The minimum absolute atomic E-state index is 0. The Labute approximate surface area is 291 Å². The first-order chi connectivity index (χ1) is 20.8. The van der Waals surface area contributed by atoms with Crippen molar-refractivity contribution in [3.05, 3.63) is 35.4 Å². The van der Waals surface area contributed by atoms with Crippen molar-refractivity contribution < 1.29 is 61.6 Å². The molecule has 0 fully saturated rings. The SMILES string of the molecule is CCCCCCCCCCCCCCCCCCCCCCCOC(=O)c1ccccc1C(=O)OCCCCS(=O)(=O)[O-].[Na+]. The van der Waals surface area contributed by atoms with Crippen LogP contribution in [0.2, 0.25) is 0 Å². The van der Waals surface area contributed by atoms with Crippen LogP contribution in [0.3, 0.4) is 0 Å². The van der Waals surface area contributed by atoms with Gasteiger partial charge in [-0.1, -0.05) is 147 Å². The number of ether oxygens (including phenoxy) is 2. The Bertz CT molecular complexity index is 952. The van der Waals surface area contributed by atoms with E-state index >= 15 is 0 Å². The molecule has 0 aliphatic carbocycles. The van der Waals surface area contributed by atoms with Crippen LogP contribution in [-0.2, 0) is 19.6 Å². The van der Waals surface area contributed by atoms with Crippen LogP contribution >= 0.6 is 0 Å². The molecule has 0 amide bonds. The van der Waals surface area contributed by atoms with E-state index < -0.39 is 27.8 Å². The number of hydrogen-bond acceptors (Lipinski definition) is 7. The second-order valence-corrected chi connectivity index (χ2v) is 13.4. The van der Waals surface area contributed by atoms with Gasteiger partial charge in [0.05, 0.1) is 34.5 Å². The molecule has 0 atom stereocenters. The van der Waals surface area contributed by atoms with Crippen LogP contribution in [0.15, 0.2) is 24.3 Å². The first-order valence-corrected chi connectivity index (χ1v) is 18.8. The molecular weight excluding hydrogens is 587 g/mol. The van der Waals surface area contributed by atoms with Crippen LogP contribution in [0, 0.1) is 0 Å². The van der Waals surface area contributed by atoms with Crippen molar-refractivity contribution in [2.45, 2.75) is 155 Å². The topological polar surface area (TPSA) is 110 Å². The van der Waals surface area contributed by atoms with Crippen LogP contribution in [0.25, 0.3) is 0 Å². The van der Waals surface area contributed by atoms with Crippen molar-refractivity contribution in [2.75, 3.05) is 19.0 Å². The molecule has 1 aromatic rings. The maximum Gasteiger partial charge on any atom is 1.00 e. The van der Waals surface area contributed by atoms with Crippen LogP contribution in [-0.4, -0.2) is 43.9 Å². The van der Waals surface area contributed by atoms with Gasteiger partial charge in [-0.3, -0.25) is 0 Å². The third-order valence-electron chi connectivity index (χ3n) is 7.87. The number of hydrogen-bond donors (Lipinski definition) is 0. The van der Waals surface area contributed by atoms with Crippen LogP contribution in [0.1, 0.15) is 175 Å². The van der Waals surface area contributed by atoms with Gasteiger partial charge in [0, 0.05) is 5.75 Å². The zero-order chi connectivity index (χ0) is 31.4. The zero-order valence-electron chi connectivity index (χ0n) is 28.0. The fraction of sp³-hybridized carbons (Fsp3) is 0.771. The van der Waals surface area contributed by atoms with E-state index in [0.717, 1.165) is 19.3 Å². The van der Waals surface area contributed by atoms with E-state index in [2.05, 4.69) is 6.92 Å². The van der Waals surface area contributed by atoms with Gasteiger partial charge < -0.3 is 14.0 Å². The van der Waals surface area contributed by atoms with Gasteiger partial charge in [-0.25, -0.2) is 18.0 Å². The van der Waals surface area contributed by atoms with Crippen LogP contribution in [0.4, 0.5) is 0 Å². The molecule has 0 aliphatic rings. The molecule has 0 saturated heterocycles. The third kappa shape index (κ3) is 25.3. The van der Waals surface area contributed by atoms with Crippen LogP contribution in [0.5, 0.6) is 0 Å². The zero-order valence-corrected chi connectivity index (χ0v) is 30.8. The number of carbonyl (C=O) groups is 2. The van der Waals surface area contributed by atoms with Gasteiger partial charge >= 0.3 is 41.5 Å². The number of unbranched alkanes of at least 4 members (excludes halogenated alkanes) is 21. The average Bonchev–Trinajstić information content (AvgIpc) is 2.98. The second kappa shape index (κ2) is 29.5. The van der Waals surface area contributed by atoms with E-state index in [1.165, 1.54) is 128 Å². The Morgan fingerprint density at radius 1 is 0.545 bits per heavy atom. The Balaban J connectivity index is 0.0000185. The fourth-order valence-electron chi connectivity index (χ4n) is 5.24. The molecule has 7 nitrogen and oxygen atoms in total. The van der Waals surface area contributed by atoms with Gasteiger partial charge in [0.1, 0.15) is 0 Å². The Morgan fingerprint density at radius 2 is 0.841 bits per heavy atom. The van der Waals surface area contributed by atoms with Gasteiger partial charge in [-0.15, -0.1) is 0 Å². The maximum absolute atomic E-state index is 12.5. The summed E-state index contributed by atoms with van der Waals surface area (Å²) in [6.45, 7) is 2.56. The van der Waals surface area contributed by atoms with E-state index in [0.29, 0.717) is 6.61 Å². The summed E-state index contributed by atoms with van der Waals surface area (Å²) in [6, 6.07) is 6.32. The predicted molar refractivity (Wildman–Crippen MR) is 173 cm³/mol. The molecule has 248 valence electrons. The van der Waals surface area contributed by atoms with E-state index in [-0.39, 0.29) is 60.1 Å². The summed E-state index contributed by atoms with van der Waals surface area (Å²) in [5, 5.41) is 0. The summed E-state index contributed by atoms with van der Waals surface area (Å²) in [4.78, 5) is 24.9. The Hall–Kier alpha value is -0.930. The molecule has 0 aliphatic heterocycles. The number of rotatable bonds is 29. The largest absolute Gasteiger partial charge is 1.00 e. The molecule has 0 unspecified atom stereocenters. The van der Waals surface area contributed by atoms with Crippen molar-refractivity contribution >= 4 is 22.1 Å². The van der Waals surface area contributed by atoms with E-state index in [9.17, 15) is 22.6 Å². The first-order valence-electron chi connectivity index (χ1n) is 17.2. The summed E-state index contributed by atoms with van der Waals surface area (Å²) >= 11 is 0. The monoisotopic (exact) mass is 646 g/mol. The normalized spacial score (nSPS) is 11.2. The fourth-order valence-corrected chi connectivity index (χ4v) is 5.80. The molecule has 1 aromatic carbocycles. The summed E-state index contributed by atoms with van der Waals surface area (Å²) < 4.78 is 42.5. The smallest absolute Gasteiger partial charge is 0.748 e. The predicted octanol–water partition coefficient (Wildman–Crippen LogP) is 6.54.